The van der Waals surface area contributed by atoms with E-state index in [1.165, 1.54) is 6.07 Å². The van der Waals surface area contributed by atoms with Gasteiger partial charge in [-0.2, -0.15) is 0 Å². The first-order valence-electron chi connectivity index (χ1n) is 5.95. The van der Waals surface area contributed by atoms with E-state index < -0.39 is 4.92 Å². The molecule has 1 fully saturated rings. The number of halogens is 2. The van der Waals surface area contributed by atoms with Crippen LogP contribution in [0.1, 0.15) is 12.5 Å². The maximum absolute atomic E-state index is 10.7. The predicted octanol–water partition coefficient (Wildman–Crippen LogP) is 2.46. The first-order valence-corrected chi connectivity index (χ1v) is 6.32. The first kappa shape index (κ1) is 16.2. The zero-order valence-corrected chi connectivity index (χ0v) is 12.2. The van der Waals surface area contributed by atoms with Gasteiger partial charge in [-0.15, -0.1) is 12.4 Å². The molecule has 1 unspecified atom stereocenters. The van der Waals surface area contributed by atoms with Crippen LogP contribution in [0, 0.1) is 10.1 Å². The molecular formula is C12H17Cl2N3O2. The lowest BCUT2D eigenvalue weighted by atomic mass is 10.1. The van der Waals surface area contributed by atoms with Crippen LogP contribution >= 0.6 is 24.0 Å². The summed E-state index contributed by atoms with van der Waals surface area (Å²) in [5.74, 6) is 0. The van der Waals surface area contributed by atoms with Gasteiger partial charge in [0.1, 0.15) is 5.02 Å². The van der Waals surface area contributed by atoms with E-state index in [4.69, 9.17) is 11.6 Å². The molecule has 7 heteroatoms. The SMILES string of the molecule is CC1CN(Cc2ccc([N+](=O)[O-])c(Cl)c2)CCN1.Cl. The summed E-state index contributed by atoms with van der Waals surface area (Å²) in [6.07, 6.45) is 0. The van der Waals surface area contributed by atoms with Crippen LogP contribution < -0.4 is 5.32 Å². The van der Waals surface area contributed by atoms with Gasteiger partial charge < -0.3 is 5.32 Å². The summed E-state index contributed by atoms with van der Waals surface area (Å²) in [6.45, 7) is 5.87. The lowest BCUT2D eigenvalue weighted by Gasteiger charge is -2.31. The van der Waals surface area contributed by atoms with Crippen molar-refractivity contribution >= 4 is 29.7 Å². The molecule has 1 aromatic carbocycles. The Morgan fingerprint density at radius 3 is 2.89 bits per heavy atom. The van der Waals surface area contributed by atoms with Crippen molar-refractivity contribution in [2.24, 2.45) is 0 Å². The molecule has 1 saturated heterocycles. The minimum absolute atomic E-state index is 0. The van der Waals surface area contributed by atoms with Crippen LogP contribution in [-0.4, -0.2) is 35.5 Å². The third kappa shape index (κ3) is 4.31. The van der Waals surface area contributed by atoms with Crippen molar-refractivity contribution in [2.75, 3.05) is 19.6 Å². The third-order valence-corrected chi connectivity index (χ3v) is 3.37. The van der Waals surface area contributed by atoms with Crippen molar-refractivity contribution in [3.63, 3.8) is 0 Å². The molecule has 1 aromatic rings. The van der Waals surface area contributed by atoms with E-state index in [0.29, 0.717) is 6.04 Å². The number of rotatable bonds is 3. The van der Waals surface area contributed by atoms with Gasteiger partial charge in [0.05, 0.1) is 4.92 Å². The highest BCUT2D eigenvalue weighted by Gasteiger charge is 2.17. The number of piperazine rings is 1. The quantitative estimate of drug-likeness (QED) is 0.688. The lowest BCUT2D eigenvalue weighted by Crippen LogP contribution is -2.48. The Morgan fingerprint density at radius 1 is 1.58 bits per heavy atom. The van der Waals surface area contributed by atoms with E-state index in [-0.39, 0.29) is 23.1 Å². The van der Waals surface area contributed by atoms with E-state index in [0.717, 1.165) is 31.7 Å². The first-order chi connectivity index (χ1) is 8.56. The Kier molecular flexibility index (Phi) is 6.00. The average Bonchev–Trinajstić information content (AvgIpc) is 2.28. The molecule has 2 rings (SSSR count). The second kappa shape index (κ2) is 7.05. The Labute approximate surface area is 123 Å². The van der Waals surface area contributed by atoms with Crippen LogP contribution in [0.15, 0.2) is 18.2 Å². The number of benzene rings is 1. The van der Waals surface area contributed by atoms with Crippen molar-refractivity contribution in [3.05, 3.63) is 38.9 Å². The van der Waals surface area contributed by atoms with Gasteiger partial charge >= 0.3 is 0 Å². The summed E-state index contributed by atoms with van der Waals surface area (Å²) >= 11 is 5.90. The monoisotopic (exact) mass is 305 g/mol. The summed E-state index contributed by atoms with van der Waals surface area (Å²) in [7, 11) is 0. The van der Waals surface area contributed by atoms with Gasteiger partial charge in [0.25, 0.3) is 5.69 Å². The van der Waals surface area contributed by atoms with Gasteiger partial charge in [-0.05, 0) is 18.6 Å². The zero-order chi connectivity index (χ0) is 13.1. The Morgan fingerprint density at radius 2 is 2.32 bits per heavy atom. The van der Waals surface area contributed by atoms with E-state index in [2.05, 4.69) is 17.1 Å². The van der Waals surface area contributed by atoms with Crippen molar-refractivity contribution in [1.29, 1.82) is 0 Å². The molecule has 1 N–H and O–H groups in total. The molecule has 106 valence electrons. The van der Waals surface area contributed by atoms with E-state index in [1.807, 2.05) is 0 Å². The van der Waals surface area contributed by atoms with Crippen molar-refractivity contribution in [3.8, 4) is 0 Å². The summed E-state index contributed by atoms with van der Waals surface area (Å²) in [4.78, 5) is 12.5. The Balaban J connectivity index is 0.00000180. The highest BCUT2D eigenvalue weighted by Crippen LogP contribution is 2.25. The van der Waals surface area contributed by atoms with Crippen LogP contribution in [0.5, 0.6) is 0 Å². The molecule has 0 radical (unpaired) electrons. The second-order valence-electron chi connectivity index (χ2n) is 4.63. The number of nitro groups is 1. The summed E-state index contributed by atoms with van der Waals surface area (Å²) in [5, 5.41) is 14.3. The van der Waals surface area contributed by atoms with Gasteiger partial charge in [0.15, 0.2) is 0 Å². The second-order valence-corrected chi connectivity index (χ2v) is 5.04. The standard InChI is InChI=1S/C12H16ClN3O2.ClH/c1-9-7-15(5-4-14-9)8-10-2-3-12(16(17)18)11(13)6-10;/h2-3,6,9,14H,4-5,7-8H2,1H3;1H. The molecule has 0 bridgehead atoms. The Hall–Kier alpha value is -0.880. The molecule has 0 amide bonds. The highest BCUT2D eigenvalue weighted by atomic mass is 35.5. The minimum Gasteiger partial charge on any atom is -0.312 e. The van der Waals surface area contributed by atoms with Gasteiger partial charge in [0, 0.05) is 38.3 Å². The van der Waals surface area contributed by atoms with Crippen LogP contribution in [0.4, 0.5) is 5.69 Å². The number of nitro benzene ring substituents is 1. The minimum atomic E-state index is -0.459. The van der Waals surface area contributed by atoms with E-state index in [1.54, 1.807) is 12.1 Å². The van der Waals surface area contributed by atoms with Crippen molar-refractivity contribution in [1.82, 2.24) is 10.2 Å². The van der Waals surface area contributed by atoms with E-state index >= 15 is 0 Å². The molecule has 0 aliphatic carbocycles. The number of nitrogens with one attached hydrogen (secondary N) is 1. The fourth-order valence-corrected chi connectivity index (χ4v) is 2.48. The lowest BCUT2D eigenvalue weighted by molar-refractivity contribution is -0.384. The zero-order valence-electron chi connectivity index (χ0n) is 10.6. The maximum Gasteiger partial charge on any atom is 0.287 e. The largest absolute Gasteiger partial charge is 0.312 e. The molecule has 1 aliphatic rings. The van der Waals surface area contributed by atoms with E-state index in [9.17, 15) is 10.1 Å². The fraction of sp³-hybridized carbons (Fsp3) is 0.500. The van der Waals surface area contributed by atoms with Gasteiger partial charge in [-0.25, -0.2) is 0 Å². The van der Waals surface area contributed by atoms with Gasteiger partial charge in [-0.1, -0.05) is 17.7 Å². The summed E-state index contributed by atoms with van der Waals surface area (Å²) in [5.41, 5.74) is 0.980. The summed E-state index contributed by atoms with van der Waals surface area (Å²) < 4.78 is 0. The average molecular weight is 306 g/mol. The molecular weight excluding hydrogens is 289 g/mol. The third-order valence-electron chi connectivity index (χ3n) is 3.07. The molecule has 0 spiro atoms. The molecule has 1 heterocycles. The normalized spacial score (nSPS) is 19.8. The molecule has 0 saturated carbocycles. The molecule has 1 atom stereocenters. The molecule has 5 nitrogen and oxygen atoms in total. The predicted molar refractivity (Wildman–Crippen MR) is 78.1 cm³/mol. The van der Waals surface area contributed by atoms with Crippen molar-refractivity contribution in [2.45, 2.75) is 19.5 Å². The van der Waals surface area contributed by atoms with Gasteiger partial charge in [-0.3, -0.25) is 15.0 Å². The highest BCUT2D eigenvalue weighted by molar-refractivity contribution is 6.32. The number of nitrogens with zero attached hydrogens (tertiary/aromatic N) is 2. The van der Waals surface area contributed by atoms with Crippen LogP contribution in [-0.2, 0) is 6.54 Å². The van der Waals surface area contributed by atoms with Crippen LogP contribution in [0.2, 0.25) is 5.02 Å². The number of hydrogen-bond acceptors (Lipinski definition) is 4. The topological polar surface area (TPSA) is 58.4 Å². The fourth-order valence-electron chi connectivity index (χ4n) is 2.21. The molecule has 1 aliphatic heterocycles. The summed E-state index contributed by atoms with van der Waals surface area (Å²) in [6, 6.07) is 5.42. The number of hydrogen-bond donors (Lipinski definition) is 1. The van der Waals surface area contributed by atoms with Crippen LogP contribution in [0.25, 0.3) is 0 Å². The Bertz CT molecular complexity index is 457. The van der Waals surface area contributed by atoms with Gasteiger partial charge in [0.2, 0.25) is 0 Å². The molecule has 19 heavy (non-hydrogen) atoms. The van der Waals surface area contributed by atoms with Crippen molar-refractivity contribution < 1.29 is 4.92 Å². The smallest absolute Gasteiger partial charge is 0.287 e. The van der Waals surface area contributed by atoms with Crippen LogP contribution in [0.3, 0.4) is 0 Å². The maximum atomic E-state index is 10.7. The molecule has 0 aromatic heterocycles.